The van der Waals surface area contributed by atoms with Crippen molar-refractivity contribution >= 4 is 17.3 Å². The number of benzene rings is 2. The van der Waals surface area contributed by atoms with Crippen LogP contribution in [0.5, 0.6) is 11.5 Å². The van der Waals surface area contributed by atoms with Crippen molar-refractivity contribution in [2.45, 2.75) is 13.0 Å². The molecule has 0 radical (unpaired) electrons. The molecule has 124 valence electrons. The fourth-order valence-corrected chi connectivity index (χ4v) is 2.70. The number of nitrogens with zero attached hydrogens (tertiary/aromatic N) is 2. The molecule has 7 nitrogen and oxygen atoms in total. The van der Waals surface area contributed by atoms with E-state index in [1.54, 1.807) is 17.0 Å². The maximum absolute atomic E-state index is 12.9. The van der Waals surface area contributed by atoms with E-state index in [1.165, 1.54) is 25.3 Å². The maximum Gasteiger partial charge on any atom is 0.311 e. The van der Waals surface area contributed by atoms with Crippen molar-refractivity contribution in [2.24, 2.45) is 0 Å². The molecular weight excluding hydrogens is 312 g/mol. The SMILES string of the molecule is COc1ccc(C(=O)N2CC(C)Oc3ccccc32)cc1[N+](=O)[O-]. The molecule has 0 spiro atoms. The molecule has 1 atom stereocenters. The third-order valence-electron chi connectivity index (χ3n) is 3.79. The zero-order valence-corrected chi connectivity index (χ0v) is 13.3. The lowest BCUT2D eigenvalue weighted by Gasteiger charge is -2.33. The van der Waals surface area contributed by atoms with Crippen molar-refractivity contribution in [1.82, 2.24) is 0 Å². The average molecular weight is 328 g/mol. The van der Waals surface area contributed by atoms with Crippen molar-refractivity contribution in [3.63, 3.8) is 0 Å². The Morgan fingerprint density at radius 2 is 2.08 bits per heavy atom. The number of nitro groups is 1. The lowest BCUT2D eigenvalue weighted by atomic mass is 10.1. The zero-order valence-electron chi connectivity index (χ0n) is 13.3. The van der Waals surface area contributed by atoms with E-state index in [2.05, 4.69) is 0 Å². The highest BCUT2D eigenvalue weighted by molar-refractivity contribution is 6.07. The van der Waals surface area contributed by atoms with Crippen LogP contribution in [-0.4, -0.2) is 30.6 Å². The second kappa shape index (κ2) is 6.19. The van der Waals surface area contributed by atoms with E-state index in [0.29, 0.717) is 18.0 Å². The topological polar surface area (TPSA) is 81.9 Å². The molecule has 0 saturated carbocycles. The van der Waals surface area contributed by atoms with Gasteiger partial charge >= 0.3 is 5.69 Å². The predicted octanol–water partition coefficient (Wildman–Crippen LogP) is 3.03. The van der Waals surface area contributed by atoms with E-state index in [1.807, 2.05) is 19.1 Å². The summed E-state index contributed by atoms with van der Waals surface area (Å²) in [7, 11) is 1.35. The molecule has 0 bridgehead atoms. The summed E-state index contributed by atoms with van der Waals surface area (Å²) in [5.74, 6) is 0.420. The Kier molecular flexibility index (Phi) is 4.07. The summed E-state index contributed by atoms with van der Waals surface area (Å²) in [6.07, 6.45) is -0.169. The Labute approximate surface area is 138 Å². The number of hydrogen-bond donors (Lipinski definition) is 0. The quantitative estimate of drug-likeness (QED) is 0.639. The average Bonchev–Trinajstić information content (AvgIpc) is 2.59. The van der Waals surface area contributed by atoms with Crippen LogP contribution in [0.4, 0.5) is 11.4 Å². The maximum atomic E-state index is 12.9. The van der Waals surface area contributed by atoms with Gasteiger partial charge in [-0.25, -0.2) is 0 Å². The monoisotopic (exact) mass is 328 g/mol. The molecule has 1 aliphatic rings. The van der Waals surface area contributed by atoms with Crippen molar-refractivity contribution < 1.29 is 19.2 Å². The van der Waals surface area contributed by atoms with Gasteiger partial charge in [0, 0.05) is 11.6 Å². The lowest BCUT2D eigenvalue weighted by Crippen LogP contribution is -2.42. The summed E-state index contributed by atoms with van der Waals surface area (Å²) >= 11 is 0. The first kappa shape index (κ1) is 15.8. The second-order valence-electron chi connectivity index (χ2n) is 5.46. The highest BCUT2D eigenvalue weighted by Gasteiger charge is 2.29. The van der Waals surface area contributed by atoms with Gasteiger partial charge in [-0.2, -0.15) is 0 Å². The van der Waals surface area contributed by atoms with Crippen LogP contribution in [0.1, 0.15) is 17.3 Å². The fourth-order valence-electron chi connectivity index (χ4n) is 2.70. The van der Waals surface area contributed by atoms with Gasteiger partial charge in [0.1, 0.15) is 11.9 Å². The van der Waals surface area contributed by atoms with Crippen LogP contribution in [0.3, 0.4) is 0 Å². The molecule has 1 unspecified atom stereocenters. The summed E-state index contributed by atoms with van der Waals surface area (Å²) in [6, 6.07) is 11.4. The van der Waals surface area contributed by atoms with E-state index < -0.39 is 4.92 Å². The Morgan fingerprint density at radius 3 is 2.79 bits per heavy atom. The molecule has 0 fully saturated rings. The molecule has 2 aromatic rings. The second-order valence-corrected chi connectivity index (χ2v) is 5.46. The normalized spacial score (nSPS) is 16.1. The smallest absolute Gasteiger partial charge is 0.311 e. The number of amides is 1. The fraction of sp³-hybridized carbons (Fsp3) is 0.235. The first-order chi connectivity index (χ1) is 11.5. The molecular formula is C17H16N2O5. The molecule has 0 N–H and O–H groups in total. The van der Waals surface area contributed by atoms with Gasteiger partial charge in [-0.05, 0) is 31.2 Å². The number of carbonyl (C=O) groups is 1. The van der Waals surface area contributed by atoms with Crippen LogP contribution in [0.15, 0.2) is 42.5 Å². The summed E-state index contributed by atoms with van der Waals surface area (Å²) in [5.41, 5.74) is 0.642. The van der Waals surface area contributed by atoms with Crippen LogP contribution >= 0.6 is 0 Å². The highest BCUT2D eigenvalue weighted by Crippen LogP contribution is 2.35. The van der Waals surface area contributed by atoms with Crippen LogP contribution in [0, 0.1) is 10.1 Å². The van der Waals surface area contributed by atoms with E-state index in [0.717, 1.165) is 0 Å². The first-order valence-electron chi connectivity index (χ1n) is 7.41. The van der Waals surface area contributed by atoms with Crippen molar-refractivity contribution in [3.05, 3.63) is 58.1 Å². The third kappa shape index (κ3) is 2.76. The number of nitro benzene ring substituents is 1. The Bertz CT molecular complexity index is 805. The third-order valence-corrected chi connectivity index (χ3v) is 3.79. The van der Waals surface area contributed by atoms with Crippen LogP contribution in [-0.2, 0) is 0 Å². The highest BCUT2D eigenvalue weighted by atomic mass is 16.6. The zero-order chi connectivity index (χ0) is 17.3. The van der Waals surface area contributed by atoms with E-state index in [-0.39, 0.29) is 29.0 Å². The molecule has 1 heterocycles. The van der Waals surface area contributed by atoms with Gasteiger partial charge in [-0.15, -0.1) is 0 Å². The predicted molar refractivity (Wildman–Crippen MR) is 87.9 cm³/mol. The summed E-state index contributed by atoms with van der Waals surface area (Å²) in [5, 5.41) is 11.2. The summed E-state index contributed by atoms with van der Waals surface area (Å²) in [4.78, 5) is 25.1. The molecule has 0 aromatic heterocycles. The van der Waals surface area contributed by atoms with Gasteiger partial charge in [0.25, 0.3) is 5.91 Å². The van der Waals surface area contributed by atoms with E-state index in [4.69, 9.17) is 9.47 Å². The molecule has 0 aliphatic carbocycles. The first-order valence-corrected chi connectivity index (χ1v) is 7.41. The number of carbonyl (C=O) groups excluding carboxylic acids is 1. The number of fused-ring (bicyclic) bond motifs is 1. The van der Waals surface area contributed by atoms with Gasteiger partial charge in [-0.1, -0.05) is 12.1 Å². The van der Waals surface area contributed by atoms with E-state index >= 15 is 0 Å². The minimum absolute atomic E-state index is 0.118. The Morgan fingerprint density at radius 1 is 1.33 bits per heavy atom. The Hall–Kier alpha value is -3.09. The van der Waals surface area contributed by atoms with Gasteiger partial charge in [0.2, 0.25) is 0 Å². The molecule has 7 heteroatoms. The summed E-state index contributed by atoms with van der Waals surface area (Å²) in [6.45, 7) is 2.24. The molecule has 0 saturated heterocycles. The van der Waals surface area contributed by atoms with Crippen molar-refractivity contribution in [2.75, 3.05) is 18.6 Å². The van der Waals surface area contributed by atoms with Gasteiger partial charge < -0.3 is 14.4 Å². The minimum Gasteiger partial charge on any atom is -0.490 e. The van der Waals surface area contributed by atoms with Gasteiger partial charge in [0.05, 0.1) is 24.3 Å². The molecule has 3 rings (SSSR count). The molecule has 1 amide bonds. The van der Waals surface area contributed by atoms with Crippen molar-refractivity contribution in [3.8, 4) is 11.5 Å². The molecule has 24 heavy (non-hydrogen) atoms. The number of ether oxygens (including phenoxy) is 2. The van der Waals surface area contributed by atoms with Crippen LogP contribution < -0.4 is 14.4 Å². The number of hydrogen-bond acceptors (Lipinski definition) is 5. The number of anilines is 1. The van der Waals surface area contributed by atoms with E-state index in [9.17, 15) is 14.9 Å². The molecule has 1 aliphatic heterocycles. The van der Waals surface area contributed by atoms with Gasteiger partial charge in [-0.3, -0.25) is 14.9 Å². The molecule has 2 aromatic carbocycles. The minimum atomic E-state index is -0.564. The van der Waals surface area contributed by atoms with Crippen molar-refractivity contribution in [1.29, 1.82) is 0 Å². The number of rotatable bonds is 3. The summed E-state index contributed by atoms with van der Waals surface area (Å²) < 4.78 is 10.7. The largest absolute Gasteiger partial charge is 0.490 e. The van der Waals surface area contributed by atoms with Crippen LogP contribution in [0.25, 0.3) is 0 Å². The lowest BCUT2D eigenvalue weighted by molar-refractivity contribution is -0.385. The Balaban J connectivity index is 2.01. The number of para-hydroxylation sites is 2. The number of methoxy groups -OCH3 is 1. The van der Waals surface area contributed by atoms with Gasteiger partial charge in [0.15, 0.2) is 5.75 Å². The van der Waals surface area contributed by atoms with Crippen LogP contribution in [0.2, 0.25) is 0 Å². The standard InChI is InChI=1S/C17H16N2O5/c1-11-10-18(13-5-3-4-6-16(13)24-11)17(20)12-7-8-15(23-2)14(9-12)19(21)22/h3-9,11H,10H2,1-2H3.